The highest BCUT2D eigenvalue weighted by atomic mass is 14.5. The average Bonchev–Trinajstić information content (AvgIpc) is 3.08. The number of benzene rings is 5. The third kappa shape index (κ3) is 2.50. The first-order chi connectivity index (χ1) is 15.6. The molecule has 0 saturated carbocycles. The van der Waals surface area contributed by atoms with Crippen LogP contribution in [0, 0.1) is 20.8 Å². The molecule has 5 aromatic rings. The van der Waals surface area contributed by atoms with Gasteiger partial charge in [0.1, 0.15) is 0 Å². The molecule has 0 spiro atoms. The molecule has 0 saturated heterocycles. The van der Waals surface area contributed by atoms with Crippen molar-refractivity contribution in [3.8, 4) is 11.1 Å². The second kappa shape index (κ2) is 6.93. The largest absolute Gasteiger partial charge is 0.0718 e. The molecule has 0 aromatic heterocycles. The quantitative estimate of drug-likeness (QED) is 0.270. The van der Waals surface area contributed by atoms with E-state index in [9.17, 15) is 0 Å². The summed E-state index contributed by atoms with van der Waals surface area (Å²) in [6, 6.07) is 38.5. The summed E-state index contributed by atoms with van der Waals surface area (Å²) in [4.78, 5) is 0. The van der Waals surface area contributed by atoms with E-state index in [4.69, 9.17) is 0 Å². The summed E-state index contributed by atoms with van der Waals surface area (Å²) in [5.74, 6) is 0. The minimum atomic E-state index is -0.333. The Balaban J connectivity index is 1.86. The van der Waals surface area contributed by atoms with Gasteiger partial charge in [0, 0.05) is 0 Å². The number of fused-ring (bicyclic) bond motifs is 4. The summed E-state index contributed by atoms with van der Waals surface area (Å²) in [6.45, 7) is 6.68. The van der Waals surface area contributed by atoms with Crippen LogP contribution in [0.4, 0.5) is 0 Å². The number of hydrogen-bond donors (Lipinski definition) is 0. The first-order valence-corrected chi connectivity index (χ1v) is 11.4. The van der Waals surface area contributed by atoms with Gasteiger partial charge in [-0.3, -0.25) is 0 Å². The van der Waals surface area contributed by atoms with Crippen LogP contribution in [0.1, 0.15) is 38.9 Å². The standard InChI is InChI=1S/C32H26/c1-21-16-17-24-19-27-26-12-6-9-15-30(26)32(31(27)20-25(24)18-21,28-13-7-4-10-22(28)2)29-14-8-5-11-23(29)3/h4-20H,1-3H3. The smallest absolute Gasteiger partial charge is 0.0620 e. The number of aryl methyl sites for hydroxylation is 3. The van der Waals surface area contributed by atoms with E-state index in [0.29, 0.717) is 0 Å². The van der Waals surface area contributed by atoms with Gasteiger partial charge < -0.3 is 0 Å². The van der Waals surface area contributed by atoms with Crippen molar-refractivity contribution in [2.75, 3.05) is 0 Å². The molecule has 0 bridgehead atoms. The monoisotopic (exact) mass is 410 g/mol. The van der Waals surface area contributed by atoms with Gasteiger partial charge in [-0.1, -0.05) is 96.6 Å². The Morgan fingerprint density at radius 2 is 1.03 bits per heavy atom. The van der Waals surface area contributed by atoms with Crippen LogP contribution < -0.4 is 0 Å². The molecule has 0 amide bonds. The fourth-order valence-corrected chi connectivity index (χ4v) is 5.85. The van der Waals surface area contributed by atoms with Crippen LogP contribution in [-0.4, -0.2) is 0 Å². The van der Waals surface area contributed by atoms with E-state index in [0.717, 1.165) is 0 Å². The molecular weight excluding hydrogens is 384 g/mol. The van der Waals surface area contributed by atoms with Crippen LogP contribution in [0.5, 0.6) is 0 Å². The van der Waals surface area contributed by atoms with Crippen LogP contribution in [-0.2, 0) is 5.41 Å². The fraction of sp³-hybridized carbons (Fsp3) is 0.125. The first kappa shape index (κ1) is 19.1. The molecule has 6 rings (SSSR count). The topological polar surface area (TPSA) is 0 Å². The Morgan fingerprint density at radius 1 is 0.438 bits per heavy atom. The van der Waals surface area contributed by atoms with Crippen LogP contribution >= 0.6 is 0 Å². The van der Waals surface area contributed by atoms with E-state index < -0.39 is 0 Å². The lowest BCUT2D eigenvalue weighted by Gasteiger charge is -2.36. The van der Waals surface area contributed by atoms with Gasteiger partial charge in [-0.15, -0.1) is 0 Å². The summed E-state index contributed by atoms with van der Waals surface area (Å²) in [7, 11) is 0. The molecule has 32 heavy (non-hydrogen) atoms. The van der Waals surface area contributed by atoms with Crippen molar-refractivity contribution in [1.29, 1.82) is 0 Å². The zero-order valence-corrected chi connectivity index (χ0v) is 18.8. The van der Waals surface area contributed by atoms with Gasteiger partial charge in [0.05, 0.1) is 5.41 Å². The van der Waals surface area contributed by atoms with Gasteiger partial charge >= 0.3 is 0 Å². The Morgan fingerprint density at radius 3 is 1.69 bits per heavy atom. The highest BCUT2D eigenvalue weighted by Gasteiger charge is 2.47. The number of rotatable bonds is 2. The summed E-state index contributed by atoms with van der Waals surface area (Å²) in [6.07, 6.45) is 0. The predicted molar refractivity (Wildman–Crippen MR) is 135 cm³/mol. The Hall–Kier alpha value is -3.64. The SMILES string of the molecule is Cc1ccc2cc3c(cc2c1)C(c1ccccc1C)(c1ccccc1C)c1ccccc1-3. The molecule has 1 aliphatic rings. The molecule has 1 aliphatic carbocycles. The third-order valence-corrected chi connectivity index (χ3v) is 7.26. The zero-order valence-electron chi connectivity index (χ0n) is 18.8. The molecule has 0 atom stereocenters. The second-order valence-corrected chi connectivity index (χ2v) is 9.17. The van der Waals surface area contributed by atoms with Gasteiger partial charge in [0.25, 0.3) is 0 Å². The molecule has 5 aromatic carbocycles. The van der Waals surface area contributed by atoms with Gasteiger partial charge in [0.15, 0.2) is 0 Å². The van der Waals surface area contributed by atoms with Gasteiger partial charge in [-0.25, -0.2) is 0 Å². The average molecular weight is 411 g/mol. The van der Waals surface area contributed by atoms with E-state index in [1.165, 1.54) is 60.8 Å². The molecule has 0 fully saturated rings. The molecule has 0 nitrogen and oxygen atoms in total. The van der Waals surface area contributed by atoms with Crippen molar-refractivity contribution in [1.82, 2.24) is 0 Å². The van der Waals surface area contributed by atoms with Gasteiger partial charge in [-0.05, 0) is 88.2 Å². The Bertz CT molecular complexity index is 1460. The molecule has 0 N–H and O–H groups in total. The van der Waals surface area contributed by atoms with Crippen LogP contribution in [0.3, 0.4) is 0 Å². The molecule has 0 unspecified atom stereocenters. The summed E-state index contributed by atoms with van der Waals surface area (Å²) in [5.41, 5.74) is 11.8. The normalized spacial score (nSPS) is 13.7. The minimum absolute atomic E-state index is 0.333. The van der Waals surface area contributed by atoms with Crippen LogP contribution in [0.25, 0.3) is 21.9 Å². The number of hydrogen-bond acceptors (Lipinski definition) is 0. The third-order valence-electron chi connectivity index (χ3n) is 7.26. The lowest BCUT2D eigenvalue weighted by atomic mass is 9.65. The molecule has 0 heteroatoms. The van der Waals surface area contributed by atoms with E-state index in [1.807, 2.05) is 0 Å². The zero-order chi connectivity index (χ0) is 21.9. The van der Waals surface area contributed by atoms with E-state index in [1.54, 1.807) is 0 Å². The molecule has 154 valence electrons. The van der Waals surface area contributed by atoms with E-state index in [2.05, 4.69) is 124 Å². The van der Waals surface area contributed by atoms with E-state index >= 15 is 0 Å². The summed E-state index contributed by atoms with van der Waals surface area (Å²) in [5, 5.41) is 2.61. The summed E-state index contributed by atoms with van der Waals surface area (Å²) < 4.78 is 0. The van der Waals surface area contributed by atoms with Crippen LogP contribution in [0.2, 0.25) is 0 Å². The molecule has 0 radical (unpaired) electrons. The highest BCUT2D eigenvalue weighted by molar-refractivity contribution is 5.96. The van der Waals surface area contributed by atoms with Crippen molar-refractivity contribution in [2.24, 2.45) is 0 Å². The van der Waals surface area contributed by atoms with Crippen molar-refractivity contribution >= 4 is 10.8 Å². The fourth-order valence-electron chi connectivity index (χ4n) is 5.85. The maximum atomic E-state index is 2.45. The van der Waals surface area contributed by atoms with Crippen molar-refractivity contribution < 1.29 is 0 Å². The van der Waals surface area contributed by atoms with Crippen molar-refractivity contribution in [3.05, 3.63) is 142 Å². The van der Waals surface area contributed by atoms with Crippen LogP contribution in [0.15, 0.2) is 103 Å². The Labute approximate surface area is 190 Å². The first-order valence-electron chi connectivity index (χ1n) is 11.4. The Kier molecular flexibility index (Phi) is 4.13. The highest BCUT2D eigenvalue weighted by Crippen LogP contribution is 2.57. The minimum Gasteiger partial charge on any atom is -0.0620 e. The van der Waals surface area contributed by atoms with E-state index in [-0.39, 0.29) is 5.41 Å². The lowest BCUT2D eigenvalue weighted by molar-refractivity contribution is 0.755. The molecular formula is C32H26. The van der Waals surface area contributed by atoms with Crippen molar-refractivity contribution in [2.45, 2.75) is 26.2 Å². The lowest BCUT2D eigenvalue weighted by Crippen LogP contribution is -2.30. The maximum absolute atomic E-state index is 2.45. The maximum Gasteiger partial charge on any atom is 0.0718 e. The summed E-state index contributed by atoms with van der Waals surface area (Å²) >= 11 is 0. The molecule has 0 aliphatic heterocycles. The molecule has 0 heterocycles. The van der Waals surface area contributed by atoms with Gasteiger partial charge in [-0.2, -0.15) is 0 Å². The van der Waals surface area contributed by atoms with Gasteiger partial charge in [0.2, 0.25) is 0 Å². The van der Waals surface area contributed by atoms with Crippen molar-refractivity contribution in [3.63, 3.8) is 0 Å². The predicted octanol–water partition coefficient (Wildman–Crippen LogP) is 8.13. The second-order valence-electron chi connectivity index (χ2n) is 9.17.